The highest BCUT2D eigenvalue weighted by Gasteiger charge is 2.27. The Kier molecular flexibility index (Phi) is 5.43. The maximum Gasteiger partial charge on any atom is 0.311 e. The third kappa shape index (κ3) is 3.79. The monoisotopic (exact) mass is 394 g/mol. The molecule has 0 spiro atoms. The third-order valence-corrected chi connectivity index (χ3v) is 4.27. The molecule has 0 aliphatic carbocycles. The van der Waals surface area contributed by atoms with Gasteiger partial charge < -0.3 is 20.1 Å². The number of nitro benzene ring substituents is 1. The van der Waals surface area contributed by atoms with Gasteiger partial charge in [-0.05, 0) is 18.2 Å². The molecule has 0 fully saturated rings. The predicted octanol–water partition coefficient (Wildman–Crippen LogP) is 3.23. The van der Waals surface area contributed by atoms with Gasteiger partial charge in [-0.2, -0.15) is 0 Å². The van der Waals surface area contributed by atoms with Crippen molar-refractivity contribution >= 4 is 34.5 Å². The van der Waals surface area contributed by atoms with Crippen LogP contribution in [0.4, 0.5) is 21.5 Å². The molecule has 10 heteroatoms. The van der Waals surface area contributed by atoms with Crippen LogP contribution in [0.5, 0.6) is 5.75 Å². The largest absolute Gasteiger partial charge is 0.484 e. The Morgan fingerprint density at radius 3 is 2.81 bits per heavy atom. The van der Waals surface area contributed by atoms with E-state index < -0.39 is 10.7 Å². The van der Waals surface area contributed by atoms with Gasteiger partial charge in [-0.15, -0.1) is 0 Å². The van der Waals surface area contributed by atoms with Crippen LogP contribution in [-0.2, 0) is 4.74 Å². The van der Waals surface area contributed by atoms with E-state index in [2.05, 4.69) is 4.99 Å². The summed E-state index contributed by atoms with van der Waals surface area (Å²) in [6.07, 6.45) is 0. The van der Waals surface area contributed by atoms with Gasteiger partial charge in [0.05, 0.1) is 22.2 Å². The number of methoxy groups -OCH3 is 1. The summed E-state index contributed by atoms with van der Waals surface area (Å²) in [5.74, 6) is -0.308. The van der Waals surface area contributed by atoms with Crippen LogP contribution in [0.1, 0.15) is 5.56 Å². The summed E-state index contributed by atoms with van der Waals surface area (Å²) >= 11 is 5.88. The van der Waals surface area contributed by atoms with E-state index in [1.165, 1.54) is 37.4 Å². The van der Waals surface area contributed by atoms with E-state index in [0.717, 1.165) is 0 Å². The van der Waals surface area contributed by atoms with Crippen LogP contribution in [0.25, 0.3) is 0 Å². The first-order chi connectivity index (χ1) is 12.9. The molecule has 142 valence electrons. The molecule has 8 nitrogen and oxygen atoms in total. The standard InChI is InChI=1S/C17H16ClFN4O4/c1-26-4-5-27-16-8-14-11(7-15(16)23(24)25)17(20)21-9-22(14)10-2-3-13(19)12(18)6-10/h2-3,6-8H,4-5,9H2,1H3,(H2,20,21). The average molecular weight is 395 g/mol. The van der Waals surface area contributed by atoms with Crippen LogP contribution in [0.3, 0.4) is 0 Å². The van der Waals surface area contributed by atoms with Crippen LogP contribution in [0.2, 0.25) is 5.02 Å². The van der Waals surface area contributed by atoms with Gasteiger partial charge >= 0.3 is 5.69 Å². The van der Waals surface area contributed by atoms with Gasteiger partial charge in [0, 0.05) is 30.5 Å². The highest BCUT2D eigenvalue weighted by atomic mass is 35.5. The first-order valence-corrected chi connectivity index (χ1v) is 8.27. The van der Waals surface area contributed by atoms with Gasteiger partial charge in [0.15, 0.2) is 5.75 Å². The van der Waals surface area contributed by atoms with Gasteiger partial charge in [-0.3, -0.25) is 10.1 Å². The molecule has 0 radical (unpaired) electrons. The number of anilines is 2. The number of benzene rings is 2. The summed E-state index contributed by atoms with van der Waals surface area (Å²) in [4.78, 5) is 16.8. The molecule has 0 aromatic heterocycles. The zero-order valence-electron chi connectivity index (χ0n) is 14.3. The third-order valence-electron chi connectivity index (χ3n) is 3.98. The lowest BCUT2D eigenvalue weighted by Gasteiger charge is -2.29. The summed E-state index contributed by atoms with van der Waals surface area (Å²) in [7, 11) is 1.50. The molecule has 3 rings (SSSR count). The van der Waals surface area contributed by atoms with Crippen molar-refractivity contribution < 1.29 is 18.8 Å². The van der Waals surface area contributed by atoms with E-state index in [9.17, 15) is 14.5 Å². The topological polar surface area (TPSA) is 103 Å². The smallest absolute Gasteiger partial charge is 0.311 e. The first kappa shape index (κ1) is 18.9. The van der Waals surface area contributed by atoms with Crippen molar-refractivity contribution in [2.75, 3.05) is 31.9 Å². The molecule has 0 amide bonds. The first-order valence-electron chi connectivity index (χ1n) is 7.89. The quantitative estimate of drug-likeness (QED) is 0.458. The fourth-order valence-corrected chi connectivity index (χ4v) is 2.84. The highest BCUT2D eigenvalue weighted by molar-refractivity contribution is 6.31. The van der Waals surface area contributed by atoms with E-state index in [-0.39, 0.29) is 42.2 Å². The van der Waals surface area contributed by atoms with E-state index in [1.54, 1.807) is 4.90 Å². The van der Waals surface area contributed by atoms with Crippen molar-refractivity contribution in [2.24, 2.45) is 10.7 Å². The number of fused-ring (bicyclic) bond motifs is 1. The van der Waals surface area contributed by atoms with Gasteiger partial charge in [0.25, 0.3) is 0 Å². The minimum atomic E-state index is -0.552. The van der Waals surface area contributed by atoms with Crippen LogP contribution >= 0.6 is 11.6 Å². The minimum Gasteiger partial charge on any atom is -0.484 e. The van der Waals surface area contributed by atoms with E-state index >= 15 is 0 Å². The Balaban J connectivity index is 2.09. The second-order valence-electron chi connectivity index (χ2n) is 5.65. The fraction of sp³-hybridized carbons (Fsp3) is 0.235. The number of amidine groups is 1. The van der Waals surface area contributed by atoms with E-state index in [0.29, 0.717) is 16.9 Å². The Hall–Kier alpha value is -2.91. The number of rotatable bonds is 6. The van der Waals surface area contributed by atoms with Gasteiger partial charge in [0.2, 0.25) is 0 Å². The lowest BCUT2D eigenvalue weighted by atomic mass is 10.1. The molecule has 1 aliphatic rings. The maximum absolute atomic E-state index is 13.5. The summed E-state index contributed by atoms with van der Waals surface area (Å²) < 4.78 is 23.9. The molecule has 2 aromatic rings. The number of hydrogen-bond acceptors (Lipinski definition) is 7. The van der Waals surface area contributed by atoms with Gasteiger partial charge in [-0.1, -0.05) is 11.6 Å². The van der Waals surface area contributed by atoms with Crippen molar-refractivity contribution in [3.05, 3.63) is 56.8 Å². The summed E-state index contributed by atoms with van der Waals surface area (Å²) in [5.41, 5.74) is 7.19. The van der Waals surface area contributed by atoms with Crippen molar-refractivity contribution in [2.45, 2.75) is 0 Å². The molecule has 1 aliphatic heterocycles. The fourth-order valence-electron chi connectivity index (χ4n) is 2.66. The second-order valence-corrected chi connectivity index (χ2v) is 6.05. The van der Waals surface area contributed by atoms with E-state index in [4.69, 9.17) is 26.8 Å². The van der Waals surface area contributed by atoms with Crippen LogP contribution < -0.4 is 15.4 Å². The molecule has 2 N–H and O–H groups in total. The minimum absolute atomic E-state index is 0.0462. The van der Waals surface area contributed by atoms with Gasteiger partial charge in [0.1, 0.15) is 24.9 Å². The Morgan fingerprint density at radius 1 is 1.37 bits per heavy atom. The number of aliphatic imine (C=N–C) groups is 1. The SMILES string of the molecule is COCCOc1cc2c(cc1[N+](=O)[O-])C(N)=NCN2c1ccc(F)c(Cl)c1. The number of nitro groups is 1. The van der Waals surface area contributed by atoms with Crippen LogP contribution in [0.15, 0.2) is 35.3 Å². The van der Waals surface area contributed by atoms with E-state index in [1.807, 2.05) is 0 Å². The molecule has 27 heavy (non-hydrogen) atoms. The van der Waals surface area contributed by atoms with Crippen LogP contribution in [-0.4, -0.2) is 37.8 Å². The number of nitrogens with two attached hydrogens (primary N) is 1. The summed E-state index contributed by atoms with van der Waals surface area (Å²) in [6, 6.07) is 7.05. The van der Waals surface area contributed by atoms with Gasteiger partial charge in [-0.25, -0.2) is 9.38 Å². The zero-order chi connectivity index (χ0) is 19.6. The lowest BCUT2D eigenvalue weighted by Crippen LogP contribution is -2.29. The molecular weight excluding hydrogens is 379 g/mol. The maximum atomic E-state index is 13.5. The average Bonchev–Trinajstić information content (AvgIpc) is 2.64. The number of nitrogens with zero attached hydrogens (tertiary/aromatic N) is 3. The molecule has 2 aromatic carbocycles. The lowest BCUT2D eigenvalue weighted by molar-refractivity contribution is -0.385. The Bertz CT molecular complexity index is 922. The van der Waals surface area contributed by atoms with Crippen molar-refractivity contribution in [1.82, 2.24) is 0 Å². The van der Waals surface area contributed by atoms with Crippen LogP contribution in [0, 0.1) is 15.9 Å². The second kappa shape index (κ2) is 7.77. The highest BCUT2D eigenvalue weighted by Crippen LogP contribution is 2.40. The van der Waals surface area contributed by atoms with Crippen molar-refractivity contribution in [1.29, 1.82) is 0 Å². The molecule has 0 bridgehead atoms. The molecular formula is C17H16ClFN4O4. The molecule has 0 saturated heterocycles. The molecule has 0 atom stereocenters. The number of halogens is 2. The molecule has 0 saturated carbocycles. The van der Waals surface area contributed by atoms with Crippen molar-refractivity contribution in [3.63, 3.8) is 0 Å². The molecule has 0 unspecified atom stereocenters. The predicted molar refractivity (Wildman–Crippen MR) is 99.6 cm³/mol. The van der Waals surface area contributed by atoms with Crippen molar-refractivity contribution in [3.8, 4) is 5.75 Å². The zero-order valence-corrected chi connectivity index (χ0v) is 15.1. The number of hydrogen-bond donors (Lipinski definition) is 1. The summed E-state index contributed by atoms with van der Waals surface area (Å²) in [6.45, 7) is 0.563. The normalized spacial score (nSPS) is 13.1. The summed E-state index contributed by atoms with van der Waals surface area (Å²) in [5, 5.41) is 11.4. The molecule has 1 heterocycles. The Morgan fingerprint density at radius 2 is 2.15 bits per heavy atom. The Labute approximate surface area is 159 Å². The number of ether oxygens (including phenoxy) is 2.